The van der Waals surface area contributed by atoms with Gasteiger partial charge in [-0.3, -0.25) is 0 Å². The Morgan fingerprint density at radius 1 is 0.800 bits per heavy atom. The Morgan fingerprint density at radius 3 is 1.90 bits per heavy atom. The predicted molar refractivity (Wildman–Crippen MR) is 85.9 cm³/mol. The van der Waals surface area contributed by atoms with Crippen LogP contribution in [0.1, 0.15) is 84.0 Å². The van der Waals surface area contributed by atoms with E-state index in [1.54, 1.807) is 0 Å². The molecule has 2 aliphatic rings. The van der Waals surface area contributed by atoms with Crippen LogP contribution in [0.3, 0.4) is 0 Å². The van der Waals surface area contributed by atoms with Crippen LogP contribution in [-0.2, 0) is 0 Å². The summed E-state index contributed by atoms with van der Waals surface area (Å²) in [6.07, 6.45) is 16.3. The van der Waals surface area contributed by atoms with Crippen molar-refractivity contribution in [3.8, 4) is 0 Å². The smallest absolute Gasteiger partial charge is 0.0487 e. The quantitative estimate of drug-likeness (QED) is 0.494. The second-order valence-corrected chi connectivity index (χ2v) is 7.84. The topological polar surface area (TPSA) is 32.3 Å². The molecule has 0 bridgehead atoms. The Kier molecular flexibility index (Phi) is 6.35. The zero-order valence-corrected chi connectivity index (χ0v) is 13.6. The van der Waals surface area contributed by atoms with Crippen molar-refractivity contribution in [3.63, 3.8) is 0 Å². The number of aliphatic hydroxyl groups is 1. The van der Waals surface area contributed by atoms with Crippen molar-refractivity contribution in [1.29, 1.82) is 0 Å². The van der Waals surface area contributed by atoms with Crippen LogP contribution in [0.15, 0.2) is 0 Å². The van der Waals surface area contributed by atoms with Crippen LogP contribution >= 0.6 is 0 Å². The highest BCUT2D eigenvalue weighted by Gasteiger charge is 2.40. The van der Waals surface area contributed by atoms with Gasteiger partial charge < -0.3 is 10.4 Å². The Balaban J connectivity index is 1.27. The fourth-order valence-corrected chi connectivity index (χ4v) is 3.16. The van der Waals surface area contributed by atoms with E-state index in [0.29, 0.717) is 12.0 Å². The normalized spacial score (nSPS) is 21.9. The van der Waals surface area contributed by atoms with Gasteiger partial charge >= 0.3 is 0 Å². The molecule has 118 valence electrons. The Hall–Kier alpha value is -0.0800. The van der Waals surface area contributed by atoms with Crippen molar-refractivity contribution in [2.24, 2.45) is 10.8 Å². The van der Waals surface area contributed by atoms with Gasteiger partial charge in [0.2, 0.25) is 0 Å². The summed E-state index contributed by atoms with van der Waals surface area (Å²) < 4.78 is 0. The molecule has 0 aromatic rings. The van der Waals surface area contributed by atoms with Crippen LogP contribution < -0.4 is 5.32 Å². The van der Waals surface area contributed by atoms with Crippen LogP contribution in [0.4, 0.5) is 0 Å². The molecule has 20 heavy (non-hydrogen) atoms. The van der Waals surface area contributed by atoms with Crippen LogP contribution in [0.2, 0.25) is 0 Å². The average Bonchev–Trinajstić information content (AvgIpc) is 3.35. The highest BCUT2D eigenvalue weighted by Crippen LogP contribution is 2.49. The molecule has 0 aromatic heterocycles. The first-order valence-electron chi connectivity index (χ1n) is 9.00. The van der Waals surface area contributed by atoms with E-state index in [2.05, 4.69) is 12.2 Å². The molecule has 0 aliphatic heterocycles. The molecule has 0 unspecified atom stereocenters. The van der Waals surface area contributed by atoms with E-state index in [4.69, 9.17) is 0 Å². The zero-order chi connectivity index (χ0) is 14.3. The Bertz CT molecular complexity index is 269. The van der Waals surface area contributed by atoms with Gasteiger partial charge in [0.25, 0.3) is 0 Å². The van der Waals surface area contributed by atoms with Crippen molar-refractivity contribution < 1.29 is 5.11 Å². The van der Waals surface area contributed by atoms with Crippen molar-refractivity contribution in [1.82, 2.24) is 5.32 Å². The minimum Gasteiger partial charge on any atom is -0.396 e. The van der Waals surface area contributed by atoms with E-state index in [1.165, 1.54) is 90.1 Å². The van der Waals surface area contributed by atoms with Crippen molar-refractivity contribution in [2.75, 3.05) is 19.7 Å². The van der Waals surface area contributed by atoms with Gasteiger partial charge in [-0.1, -0.05) is 32.6 Å². The zero-order valence-electron chi connectivity index (χ0n) is 13.6. The lowest BCUT2D eigenvalue weighted by Gasteiger charge is -2.11. The first-order valence-corrected chi connectivity index (χ1v) is 9.00. The summed E-state index contributed by atoms with van der Waals surface area (Å²) in [5.74, 6) is 0. The number of unbranched alkanes of at least 4 members (excludes halogenated alkanes) is 4. The van der Waals surface area contributed by atoms with Crippen LogP contribution in [0, 0.1) is 10.8 Å². The molecular weight excluding hydrogens is 246 g/mol. The molecule has 0 spiro atoms. The van der Waals surface area contributed by atoms with E-state index < -0.39 is 0 Å². The molecule has 2 N–H and O–H groups in total. The number of hydrogen-bond acceptors (Lipinski definition) is 2. The molecule has 2 aliphatic carbocycles. The van der Waals surface area contributed by atoms with Gasteiger partial charge in [-0.2, -0.15) is 0 Å². The lowest BCUT2D eigenvalue weighted by molar-refractivity contribution is 0.200. The second-order valence-electron chi connectivity index (χ2n) is 7.84. The van der Waals surface area contributed by atoms with Gasteiger partial charge in [-0.05, 0) is 75.3 Å². The van der Waals surface area contributed by atoms with Gasteiger partial charge in [-0.15, -0.1) is 0 Å². The number of aliphatic hydroxyl groups excluding tert-OH is 1. The largest absolute Gasteiger partial charge is 0.396 e. The van der Waals surface area contributed by atoms with Gasteiger partial charge in [0.05, 0.1) is 0 Å². The molecule has 0 saturated heterocycles. The van der Waals surface area contributed by atoms with Gasteiger partial charge in [0.15, 0.2) is 0 Å². The Morgan fingerprint density at radius 2 is 1.40 bits per heavy atom. The molecule has 0 atom stereocenters. The first-order chi connectivity index (χ1) is 9.68. The van der Waals surface area contributed by atoms with Crippen LogP contribution in [-0.4, -0.2) is 24.8 Å². The molecule has 2 nitrogen and oxygen atoms in total. The van der Waals surface area contributed by atoms with Crippen LogP contribution in [0.25, 0.3) is 0 Å². The molecular formula is C18H35NO. The summed E-state index contributed by atoms with van der Waals surface area (Å²) in [4.78, 5) is 0. The third-order valence-electron chi connectivity index (χ3n) is 5.59. The maximum Gasteiger partial charge on any atom is 0.0487 e. The molecule has 0 heterocycles. The molecule has 0 radical (unpaired) electrons. The van der Waals surface area contributed by atoms with Crippen molar-refractivity contribution in [3.05, 3.63) is 0 Å². The number of nitrogens with one attached hydrogen (secondary N) is 1. The third-order valence-corrected chi connectivity index (χ3v) is 5.59. The van der Waals surface area contributed by atoms with Crippen molar-refractivity contribution >= 4 is 0 Å². The molecule has 0 aromatic carbocycles. The maximum atomic E-state index is 9.24. The first kappa shape index (κ1) is 16.3. The van der Waals surface area contributed by atoms with E-state index in [9.17, 15) is 5.11 Å². The minimum atomic E-state index is 0.367. The molecule has 2 rings (SSSR count). The van der Waals surface area contributed by atoms with E-state index in [1.807, 2.05) is 0 Å². The van der Waals surface area contributed by atoms with Crippen molar-refractivity contribution in [2.45, 2.75) is 84.0 Å². The molecule has 0 amide bonds. The summed E-state index contributed by atoms with van der Waals surface area (Å²) in [5, 5.41) is 12.8. The minimum absolute atomic E-state index is 0.367. The second kappa shape index (κ2) is 7.79. The number of hydrogen-bond donors (Lipinski definition) is 2. The summed E-state index contributed by atoms with van der Waals surface area (Å²) in [5.41, 5.74) is 1.12. The fourth-order valence-electron chi connectivity index (χ4n) is 3.16. The number of rotatable bonds is 13. The summed E-state index contributed by atoms with van der Waals surface area (Å²) in [6.45, 7) is 5.25. The molecule has 2 fully saturated rings. The van der Waals surface area contributed by atoms with E-state index in [0.717, 1.165) is 5.41 Å². The molecule has 2 heteroatoms. The summed E-state index contributed by atoms with van der Waals surface area (Å²) >= 11 is 0. The summed E-state index contributed by atoms with van der Waals surface area (Å²) in [6, 6.07) is 0. The highest BCUT2D eigenvalue weighted by atomic mass is 16.3. The Labute approximate surface area is 125 Å². The van der Waals surface area contributed by atoms with Crippen LogP contribution in [0.5, 0.6) is 0 Å². The summed E-state index contributed by atoms with van der Waals surface area (Å²) in [7, 11) is 0. The highest BCUT2D eigenvalue weighted by molar-refractivity contribution is 4.92. The lowest BCUT2D eigenvalue weighted by Crippen LogP contribution is -2.16. The third kappa shape index (κ3) is 6.13. The average molecular weight is 281 g/mol. The van der Waals surface area contributed by atoms with E-state index in [-0.39, 0.29) is 0 Å². The van der Waals surface area contributed by atoms with Gasteiger partial charge in [0.1, 0.15) is 0 Å². The lowest BCUT2D eigenvalue weighted by atomic mass is 9.99. The van der Waals surface area contributed by atoms with Gasteiger partial charge in [0, 0.05) is 6.61 Å². The standard InChI is InChI=1S/C18H35NO/c1-17(10-11-17)8-4-2-6-14-19-15-7-3-5-9-18(16-20)12-13-18/h19-20H,2-16H2,1H3. The maximum absolute atomic E-state index is 9.24. The van der Waals surface area contributed by atoms with E-state index >= 15 is 0 Å². The monoisotopic (exact) mass is 281 g/mol. The van der Waals surface area contributed by atoms with Gasteiger partial charge in [-0.25, -0.2) is 0 Å². The molecule has 2 saturated carbocycles. The fraction of sp³-hybridized carbons (Fsp3) is 1.00. The predicted octanol–water partition coefficient (Wildman–Crippen LogP) is 4.27. The SMILES string of the molecule is CC1(CCCCCNCCCCCC2(CO)CC2)CC1.